The fourth-order valence-electron chi connectivity index (χ4n) is 4.70. The van der Waals surface area contributed by atoms with Gasteiger partial charge in [0.1, 0.15) is 6.10 Å². The summed E-state index contributed by atoms with van der Waals surface area (Å²) in [5.41, 5.74) is 1.46. The number of fused-ring (bicyclic) bond motifs is 1. The van der Waals surface area contributed by atoms with Crippen molar-refractivity contribution < 1.29 is 19.1 Å². The van der Waals surface area contributed by atoms with Crippen LogP contribution in [0.25, 0.3) is 0 Å². The number of unbranched alkanes of at least 4 members (excludes halogenated alkanes) is 2. The molecule has 1 aliphatic heterocycles. The van der Waals surface area contributed by atoms with Crippen LogP contribution in [0.3, 0.4) is 0 Å². The average molecular weight is 436 g/mol. The topological polar surface area (TPSA) is 63.7 Å². The van der Waals surface area contributed by atoms with Gasteiger partial charge in [0.15, 0.2) is 5.78 Å². The summed E-state index contributed by atoms with van der Waals surface area (Å²) < 4.78 is 5.63. The molecule has 170 valence electrons. The number of ketones is 1. The second-order valence-electron chi connectivity index (χ2n) is 8.62. The Hall–Kier alpha value is -2.95. The van der Waals surface area contributed by atoms with Crippen molar-refractivity contribution in [1.29, 1.82) is 0 Å². The summed E-state index contributed by atoms with van der Waals surface area (Å²) in [6.07, 6.45) is 13.5. The van der Waals surface area contributed by atoms with Gasteiger partial charge in [-0.1, -0.05) is 62.3 Å². The average Bonchev–Trinajstić information content (AvgIpc) is 2.77. The molecule has 5 heteroatoms. The maximum atomic E-state index is 13.5. The maximum absolute atomic E-state index is 13.5. The summed E-state index contributed by atoms with van der Waals surface area (Å²) in [4.78, 5) is 39.7. The first kappa shape index (κ1) is 23.7. The molecule has 5 nitrogen and oxygen atoms in total. The summed E-state index contributed by atoms with van der Waals surface area (Å²) in [5, 5.41) is 0. The van der Waals surface area contributed by atoms with E-state index in [1.54, 1.807) is 23.1 Å². The zero-order valence-corrected chi connectivity index (χ0v) is 19.2. The monoisotopic (exact) mass is 435 g/mol. The quantitative estimate of drug-likeness (QED) is 0.342. The number of esters is 1. The molecule has 32 heavy (non-hydrogen) atoms. The standard InChI is InChI=1S/C27H33NO4/c1-4-5-6-7-8-10-15-22-16-23(30)17-25-24(22)18-26(32-20(3)29)19(2)28(25)27(31)21-13-11-9-12-14-21/h7-16,19,24-26H,4-6,17-18H2,1-3H3/b8-7+,15-10+/t19-,24-,25+,26-/m1/s1. The Balaban J connectivity index is 1.91. The molecule has 0 unspecified atom stereocenters. The zero-order valence-electron chi connectivity index (χ0n) is 19.2. The minimum Gasteiger partial charge on any atom is -0.460 e. The van der Waals surface area contributed by atoms with Crippen LogP contribution < -0.4 is 0 Å². The molecule has 1 aliphatic carbocycles. The summed E-state index contributed by atoms with van der Waals surface area (Å²) in [6.45, 7) is 5.46. The van der Waals surface area contributed by atoms with Crippen LogP contribution in [0.5, 0.6) is 0 Å². The molecule has 1 amide bonds. The second-order valence-corrected chi connectivity index (χ2v) is 8.62. The number of hydrogen-bond donors (Lipinski definition) is 0. The Morgan fingerprint density at radius 2 is 1.94 bits per heavy atom. The van der Waals surface area contributed by atoms with Crippen molar-refractivity contribution in [2.45, 2.75) is 71.1 Å². The van der Waals surface area contributed by atoms with Gasteiger partial charge in [0.2, 0.25) is 0 Å². The van der Waals surface area contributed by atoms with Crippen molar-refractivity contribution in [3.8, 4) is 0 Å². The lowest BCUT2D eigenvalue weighted by molar-refractivity contribution is -0.154. The fourth-order valence-corrected chi connectivity index (χ4v) is 4.70. The van der Waals surface area contributed by atoms with E-state index in [1.165, 1.54) is 6.92 Å². The molecule has 0 aromatic heterocycles. The minimum atomic E-state index is -0.425. The number of amides is 1. The third-order valence-electron chi connectivity index (χ3n) is 6.28. The van der Waals surface area contributed by atoms with E-state index in [0.29, 0.717) is 12.0 Å². The van der Waals surface area contributed by atoms with E-state index < -0.39 is 6.10 Å². The lowest BCUT2D eigenvalue weighted by Gasteiger charge is -2.50. The van der Waals surface area contributed by atoms with Gasteiger partial charge in [-0.3, -0.25) is 14.4 Å². The highest BCUT2D eigenvalue weighted by Crippen LogP contribution is 2.40. The van der Waals surface area contributed by atoms with Crippen LogP contribution in [0.1, 0.15) is 63.2 Å². The molecule has 0 radical (unpaired) electrons. The fraction of sp³-hybridized carbons (Fsp3) is 0.444. The summed E-state index contributed by atoms with van der Waals surface area (Å²) in [5.74, 6) is -0.548. The zero-order chi connectivity index (χ0) is 23.1. The van der Waals surface area contributed by atoms with Gasteiger partial charge in [-0.25, -0.2) is 0 Å². The minimum absolute atomic E-state index is 0.0184. The van der Waals surface area contributed by atoms with Crippen LogP contribution in [-0.4, -0.2) is 40.7 Å². The summed E-state index contributed by atoms with van der Waals surface area (Å²) >= 11 is 0. The van der Waals surface area contributed by atoms with Crippen molar-refractivity contribution in [3.63, 3.8) is 0 Å². The van der Waals surface area contributed by atoms with Gasteiger partial charge in [0.05, 0.1) is 6.04 Å². The number of piperidine rings is 1. The Bertz CT molecular complexity index is 915. The summed E-state index contributed by atoms with van der Waals surface area (Å²) in [6, 6.07) is 8.50. The molecule has 0 spiro atoms. The third kappa shape index (κ3) is 5.64. The van der Waals surface area contributed by atoms with Crippen LogP contribution in [0.4, 0.5) is 0 Å². The number of ether oxygens (including phenoxy) is 1. The van der Waals surface area contributed by atoms with E-state index in [4.69, 9.17) is 4.74 Å². The Morgan fingerprint density at radius 3 is 2.62 bits per heavy atom. The second kappa shape index (κ2) is 11.1. The number of rotatable bonds is 7. The van der Waals surface area contributed by atoms with Crippen LogP contribution in [0, 0.1) is 5.92 Å². The Labute approximate surface area is 190 Å². The Kier molecular flexibility index (Phi) is 8.20. The van der Waals surface area contributed by atoms with Gasteiger partial charge >= 0.3 is 5.97 Å². The SMILES string of the molecule is CCCC/C=C/C=C/C1=CC(=O)C[C@H]2[C@@H]1C[C@@H](OC(C)=O)[C@@H](C)N2C(=O)c1ccccc1. The first-order valence-corrected chi connectivity index (χ1v) is 11.5. The van der Waals surface area contributed by atoms with Crippen molar-refractivity contribution in [2.75, 3.05) is 0 Å². The number of hydrogen-bond acceptors (Lipinski definition) is 4. The van der Waals surface area contributed by atoms with Crippen LogP contribution >= 0.6 is 0 Å². The highest BCUT2D eigenvalue weighted by molar-refractivity contribution is 5.97. The van der Waals surface area contributed by atoms with E-state index in [1.807, 2.05) is 43.4 Å². The molecule has 3 rings (SSSR count). The number of likely N-dealkylation sites (tertiary alicyclic amines) is 1. The molecule has 0 N–H and O–H groups in total. The first-order valence-electron chi connectivity index (χ1n) is 11.5. The molecule has 4 atom stereocenters. The van der Waals surface area contributed by atoms with Crippen molar-refractivity contribution in [1.82, 2.24) is 4.90 Å². The predicted molar refractivity (Wildman–Crippen MR) is 125 cm³/mol. The number of carbonyl (C=O) groups is 3. The highest BCUT2D eigenvalue weighted by Gasteiger charge is 2.47. The predicted octanol–water partition coefficient (Wildman–Crippen LogP) is 5.04. The number of benzene rings is 1. The lowest BCUT2D eigenvalue weighted by Crippen LogP contribution is -2.60. The molecule has 1 fully saturated rings. The third-order valence-corrected chi connectivity index (χ3v) is 6.28. The van der Waals surface area contributed by atoms with Crippen molar-refractivity contribution in [2.24, 2.45) is 5.92 Å². The van der Waals surface area contributed by atoms with E-state index in [0.717, 1.165) is 24.8 Å². The van der Waals surface area contributed by atoms with Crippen molar-refractivity contribution in [3.05, 3.63) is 71.8 Å². The number of carbonyl (C=O) groups excluding carboxylic acids is 3. The van der Waals surface area contributed by atoms with Crippen LogP contribution in [-0.2, 0) is 14.3 Å². The first-order chi connectivity index (χ1) is 15.4. The number of nitrogens with zero attached hydrogens (tertiary/aromatic N) is 1. The van der Waals surface area contributed by atoms with Gasteiger partial charge < -0.3 is 9.64 Å². The lowest BCUT2D eigenvalue weighted by atomic mass is 9.73. The molecule has 2 aliphatic rings. The summed E-state index contributed by atoms with van der Waals surface area (Å²) in [7, 11) is 0. The van der Waals surface area contributed by atoms with Crippen molar-refractivity contribution >= 4 is 17.7 Å². The highest BCUT2D eigenvalue weighted by atomic mass is 16.5. The normalized spacial score (nSPS) is 25.7. The van der Waals surface area contributed by atoms with Gasteiger partial charge in [0.25, 0.3) is 5.91 Å². The molecule has 0 bridgehead atoms. The van der Waals surface area contributed by atoms with Gasteiger partial charge in [-0.15, -0.1) is 0 Å². The van der Waals surface area contributed by atoms with Gasteiger partial charge in [0, 0.05) is 30.9 Å². The molecular formula is C27H33NO4. The molecule has 0 saturated carbocycles. The Morgan fingerprint density at radius 1 is 1.19 bits per heavy atom. The largest absolute Gasteiger partial charge is 0.460 e. The van der Waals surface area contributed by atoms with E-state index in [9.17, 15) is 14.4 Å². The molecule has 1 aromatic rings. The maximum Gasteiger partial charge on any atom is 0.302 e. The van der Waals surface area contributed by atoms with E-state index in [2.05, 4.69) is 13.0 Å². The number of allylic oxidation sites excluding steroid dienone is 5. The van der Waals surface area contributed by atoms with Crippen LogP contribution in [0.2, 0.25) is 0 Å². The smallest absolute Gasteiger partial charge is 0.302 e. The van der Waals surface area contributed by atoms with E-state index >= 15 is 0 Å². The van der Waals surface area contributed by atoms with E-state index in [-0.39, 0.29) is 42.1 Å². The molecular weight excluding hydrogens is 402 g/mol. The molecule has 1 saturated heterocycles. The van der Waals surface area contributed by atoms with Gasteiger partial charge in [-0.2, -0.15) is 0 Å². The molecule has 1 aromatic carbocycles. The van der Waals surface area contributed by atoms with Crippen LogP contribution in [0.15, 0.2) is 66.3 Å². The molecule has 1 heterocycles. The van der Waals surface area contributed by atoms with Gasteiger partial charge in [-0.05, 0) is 43.5 Å².